The second-order valence-corrected chi connectivity index (χ2v) is 9.04. The van der Waals surface area contributed by atoms with Crippen molar-refractivity contribution in [3.8, 4) is 0 Å². The number of hydrogen-bond donors (Lipinski definition) is 0. The molecule has 0 atom stereocenters. The highest BCUT2D eigenvalue weighted by Crippen LogP contribution is 2.20. The molecule has 3 nitrogen and oxygen atoms in total. The Morgan fingerprint density at radius 3 is 2.06 bits per heavy atom. The van der Waals surface area contributed by atoms with Crippen LogP contribution in [0.15, 0.2) is 0 Å². The zero-order chi connectivity index (χ0) is 14.0. The molecule has 0 bridgehead atoms. The molecule has 0 unspecified atom stereocenters. The molecule has 18 heavy (non-hydrogen) atoms. The van der Waals surface area contributed by atoms with Crippen LogP contribution in [0.1, 0.15) is 53.4 Å². The van der Waals surface area contributed by atoms with Gasteiger partial charge in [-0.2, -0.15) is 0 Å². The van der Waals surface area contributed by atoms with Gasteiger partial charge in [-0.1, -0.05) is 29.8 Å². The Hall–Kier alpha value is 0.287. The maximum absolute atomic E-state index is 11.8. The van der Waals surface area contributed by atoms with Crippen LogP contribution in [0.2, 0.25) is 6.04 Å². The molecule has 0 amide bonds. The van der Waals surface area contributed by atoms with Crippen molar-refractivity contribution in [1.29, 1.82) is 0 Å². The molecule has 0 N–H and O–H groups in total. The fraction of sp³-hybridized carbons (Fsp3) is 0.923. The molecular formula is C13H27BrO3Si. The van der Waals surface area contributed by atoms with Gasteiger partial charge in [0.15, 0.2) is 0 Å². The molecule has 0 rings (SSSR count). The normalized spacial score (nSPS) is 12.1. The third-order valence-electron chi connectivity index (χ3n) is 2.52. The molecule has 5 heteroatoms. The van der Waals surface area contributed by atoms with Crippen molar-refractivity contribution in [2.45, 2.75) is 63.7 Å². The Balaban J connectivity index is 3.90. The summed E-state index contributed by atoms with van der Waals surface area (Å²) in [7, 11) is -1.55. The Bertz CT molecular complexity index is 221. The summed E-state index contributed by atoms with van der Waals surface area (Å²) < 4.78 is 11.1. The number of carbonyl (C=O) groups is 1. The van der Waals surface area contributed by atoms with E-state index in [1.807, 2.05) is 13.8 Å². The van der Waals surface area contributed by atoms with Crippen LogP contribution in [0, 0.1) is 0 Å². The van der Waals surface area contributed by atoms with Gasteiger partial charge in [-0.05, 0) is 39.2 Å². The largest absolute Gasteiger partial charge is 0.397 e. The highest BCUT2D eigenvalue weighted by molar-refractivity contribution is 9.10. The van der Waals surface area contributed by atoms with E-state index in [0.717, 1.165) is 38.5 Å². The standard InChI is InChI=1S/C13H27BrO3Si/c1-5-9-16-18(17-10-6-2)11-7-8-12(15)13(3,4)14/h18H,5-11H2,1-4H3. The van der Waals surface area contributed by atoms with Crippen molar-refractivity contribution >= 4 is 31.0 Å². The minimum Gasteiger partial charge on any atom is -0.397 e. The van der Waals surface area contributed by atoms with Crippen molar-refractivity contribution < 1.29 is 13.6 Å². The quantitative estimate of drug-likeness (QED) is 0.426. The molecule has 0 aromatic rings. The molecule has 0 radical (unpaired) electrons. The Morgan fingerprint density at radius 2 is 1.67 bits per heavy atom. The molecule has 0 aromatic heterocycles. The van der Waals surface area contributed by atoms with Crippen LogP contribution in [0.5, 0.6) is 0 Å². The Labute approximate surface area is 122 Å². The highest BCUT2D eigenvalue weighted by Gasteiger charge is 2.23. The van der Waals surface area contributed by atoms with Crippen molar-refractivity contribution in [3.63, 3.8) is 0 Å². The summed E-state index contributed by atoms with van der Waals surface area (Å²) in [6.45, 7) is 9.54. The van der Waals surface area contributed by atoms with Gasteiger partial charge in [0.1, 0.15) is 5.78 Å². The van der Waals surface area contributed by atoms with E-state index in [1.165, 1.54) is 0 Å². The first-order valence-corrected chi connectivity index (χ1v) is 9.42. The second-order valence-electron chi connectivity index (χ2n) is 4.96. The Kier molecular flexibility index (Phi) is 10.3. The smallest absolute Gasteiger partial charge is 0.321 e. The first-order valence-electron chi connectivity index (χ1n) is 6.87. The lowest BCUT2D eigenvalue weighted by Crippen LogP contribution is -2.26. The molecule has 0 saturated carbocycles. The summed E-state index contributed by atoms with van der Waals surface area (Å²) in [5.41, 5.74) is 0. The third-order valence-corrected chi connectivity index (χ3v) is 5.06. The van der Waals surface area contributed by atoms with Gasteiger partial charge in [-0.3, -0.25) is 4.79 Å². The lowest BCUT2D eigenvalue weighted by molar-refractivity contribution is -0.120. The summed E-state index contributed by atoms with van der Waals surface area (Å²) >= 11 is 3.39. The van der Waals surface area contributed by atoms with Crippen molar-refractivity contribution in [3.05, 3.63) is 0 Å². The number of hydrogen-bond acceptors (Lipinski definition) is 3. The predicted molar refractivity (Wildman–Crippen MR) is 81.7 cm³/mol. The molecule has 0 fully saturated rings. The highest BCUT2D eigenvalue weighted by atomic mass is 79.9. The summed E-state index contributed by atoms with van der Waals surface area (Å²) in [6, 6.07) is 0.925. The number of carbonyl (C=O) groups excluding carboxylic acids is 1. The van der Waals surface area contributed by atoms with Crippen molar-refractivity contribution in [1.82, 2.24) is 0 Å². The number of ketones is 1. The minimum atomic E-state index is -1.55. The second kappa shape index (κ2) is 10.1. The van der Waals surface area contributed by atoms with Gasteiger partial charge in [-0.25, -0.2) is 0 Å². The van der Waals surface area contributed by atoms with Gasteiger partial charge in [0.25, 0.3) is 0 Å². The van der Waals surface area contributed by atoms with Crippen LogP contribution in [0.4, 0.5) is 0 Å². The van der Waals surface area contributed by atoms with Crippen LogP contribution in [-0.2, 0) is 13.6 Å². The monoisotopic (exact) mass is 338 g/mol. The van der Waals surface area contributed by atoms with Gasteiger partial charge in [0, 0.05) is 19.6 Å². The van der Waals surface area contributed by atoms with Crippen LogP contribution >= 0.6 is 15.9 Å². The van der Waals surface area contributed by atoms with Crippen LogP contribution in [0.3, 0.4) is 0 Å². The van der Waals surface area contributed by atoms with E-state index >= 15 is 0 Å². The van der Waals surface area contributed by atoms with Crippen LogP contribution < -0.4 is 0 Å². The van der Waals surface area contributed by atoms with E-state index in [-0.39, 0.29) is 5.78 Å². The lowest BCUT2D eigenvalue weighted by atomic mass is 10.1. The summed E-state index contributed by atoms with van der Waals surface area (Å²) in [5, 5.41) is 0. The van der Waals surface area contributed by atoms with E-state index in [0.29, 0.717) is 6.42 Å². The van der Waals surface area contributed by atoms with Gasteiger partial charge >= 0.3 is 9.28 Å². The Morgan fingerprint density at radius 1 is 1.17 bits per heavy atom. The SMILES string of the molecule is CCCO[SiH](CCCC(=O)C(C)(C)Br)OCCC. The first kappa shape index (κ1) is 18.3. The molecule has 0 spiro atoms. The van der Waals surface area contributed by atoms with Crippen LogP contribution in [-0.4, -0.2) is 32.6 Å². The predicted octanol–water partition coefficient (Wildman–Crippen LogP) is 3.58. The van der Waals surface area contributed by atoms with Gasteiger partial charge < -0.3 is 8.85 Å². The summed E-state index contributed by atoms with van der Waals surface area (Å²) in [4.78, 5) is 11.8. The lowest BCUT2D eigenvalue weighted by Gasteiger charge is -2.17. The number of halogens is 1. The molecule has 0 aliphatic rings. The van der Waals surface area contributed by atoms with E-state index in [4.69, 9.17) is 8.85 Å². The van der Waals surface area contributed by atoms with Crippen molar-refractivity contribution in [2.24, 2.45) is 0 Å². The number of alkyl halides is 1. The molecule has 108 valence electrons. The maximum atomic E-state index is 11.8. The number of Topliss-reactive ketones (excluding diaryl/α,β-unsaturated/α-hetero) is 1. The summed E-state index contributed by atoms with van der Waals surface area (Å²) in [5.74, 6) is 0.251. The van der Waals surface area contributed by atoms with E-state index < -0.39 is 13.6 Å². The van der Waals surface area contributed by atoms with Gasteiger partial charge in [-0.15, -0.1) is 0 Å². The average molecular weight is 339 g/mol. The molecule has 0 heterocycles. The molecule has 0 aliphatic heterocycles. The maximum Gasteiger partial charge on any atom is 0.321 e. The minimum absolute atomic E-state index is 0.251. The molecule has 0 saturated heterocycles. The van der Waals surface area contributed by atoms with Crippen LogP contribution in [0.25, 0.3) is 0 Å². The topological polar surface area (TPSA) is 35.5 Å². The first-order chi connectivity index (χ1) is 8.41. The fourth-order valence-corrected chi connectivity index (χ4v) is 3.60. The van der Waals surface area contributed by atoms with E-state index in [1.54, 1.807) is 0 Å². The molecule has 0 aliphatic carbocycles. The zero-order valence-electron chi connectivity index (χ0n) is 12.1. The third kappa shape index (κ3) is 9.25. The fourth-order valence-electron chi connectivity index (χ4n) is 1.44. The molecule has 0 aromatic carbocycles. The van der Waals surface area contributed by atoms with Crippen molar-refractivity contribution in [2.75, 3.05) is 13.2 Å². The van der Waals surface area contributed by atoms with E-state index in [2.05, 4.69) is 29.8 Å². The van der Waals surface area contributed by atoms with Gasteiger partial charge in [0.05, 0.1) is 4.32 Å². The number of rotatable bonds is 11. The zero-order valence-corrected chi connectivity index (χ0v) is 14.9. The average Bonchev–Trinajstić information content (AvgIpc) is 2.30. The molecular weight excluding hydrogens is 312 g/mol. The summed E-state index contributed by atoms with van der Waals surface area (Å²) in [6.07, 6.45) is 3.52. The van der Waals surface area contributed by atoms with Gasteiger partial charge in [0.2, 0.25) is 0 Å². The van der Waals surface area contributed by atoms with E-state index in [9.17, 15) is 4.79 Å².